The summed E-state index contributed by atoms with van der Waals surface area (Å²) >= 11 is 0. The second-order valence-corrected chi connectivity index (χ2v) is 6.22. The molecule has 2 nitrogen and oxygen atoms in total. The normalized spacial score (nSPS) is 30.3. The average molecular weight is 253 g/mol. The number of nitrogens with one attached hydrogen (secondary N) is 1. The lowest BCUT2D eigenvalue weighted by Crippen LogP contribution is -2.39. The van der Waals surface area contributed by atoms with Gasteiger partial charge in [-0.15, -0.1) is 0 Å². The molecule has 0 aliphatic heterocycles. The Labute approximate surface area is 113 Å². The van der Waals surface area contributed by atoms with E-state index in [1.807, 2.05) is 0 Å². The van der Waals surface area contributed by atoms with Crippen molar-refractivity contribution < 1.29 is 4.74 Å². The van der Waals surface area contributed by atoms with Gasteiger partial charge in [0.05, 0.1) is 12.7 Å². The van der Waals surface area contributed by atoms with Crippen molar-refractivity contribution in [2.24, 2.45) is 11.8 Å². The molecule has 2 aliphatic carbocycles. The summed E-state index contributed by atoms with van der Waals surface area (Å²) < 4.78 is 6.28. The van der Waals surface area contributed by atoms with Gasteiger partial charge < -0.3 is 10.1 Å². The molecular formula is C16H31NO. The lowest BCUT2D eigenvalue weighted by molar-refractivity contribution is -0.0236. The highest BCUT2D eigenvalue weighted by Gasteiger charge is 2.32. The van der Waals surface area contributed by atoms with Crippen LogP contribution in [0, 0.1) is 11.8 Å². The molecule has 0 amide bonds. The summed E-state index contributed by atoms with van der Waals surface area (Å²) in [5, 5.41) is 3.68. The zero-order valence-electron chi connectivity index (χ0n) is 12.3. The van der Waals surface area contributed by atoms with Gasteiger partial charge in [-0.1, -0.05) is 33.1 Å². The second-order valence-electron chi connectivity index (χ2n) is 6.22. The Morgan fingerprint density at radius 1 is 1.11 bits per heavy atom. The van der Waals surface area contributed by atoms with Crippen molar-refractivity contribution >= 4 is 0 Å². The second kappa shape index (κ2) is 7.49. The maximum absolute atomic E-state index is 6.28. The minimum atomic E-state index is 0.549. The molecule has 0 radical (unpaired) electrons. The Morgan fingerprint density at radius 3 is 2.56 bits per heavy atom. The van der Waals surface area contributed by atoms with Crippen molar-refractivity contribution in [2.75, 3.05) is 13.2 Å². The predicted molar refractivity (Wildman–Crippen MR) is 76.8 cm³/mol. The first kappa shape index (κ1) is 14.3. The molecule has 0 saturated heterocycles. The zero-order chi connectivity index (χ0) is 12.8. The number of ether oxygens (including phenoxy) is 1. The van der Waals surface area contributed by atoms with Crippen LogP contribution in [0.5, 0.6) is 0 Å². The first-order valence-electron chi connectivity index (χ1n) is 8.20. The number of hydrogen-bond donors (Lipinski definition) is 1. The Morgan fingerprint density at radius 2 is 1.89 bits per heavy atom. The molecule has 0 heterocycles. The van der Waals surface area contributed by atoms with Crippen LogP contribution >= 0.6 is 0 Å². The van der Waals surface area contributed by atoms with Gasteiger partial charge in [0, 0.05) is 6.04 Å². The summed E-state index contributed by atoms with van der Waals surface area (Å²) in [6, 6.07) is 0.629. The van der Waals surface area contributed by atoms with E-state index in [0.29, 0.717) is 12.1 Å². The van der Waals surface area contributed by atoms with E-state index in [4.69, 9.17) is 4.74 Å². The van der Waals surface area contributed by atoms with Crippen LogP contribution < -0.4 is 5.32 Å². The Bertz CT molecular complexity index is 227. The van der Waals surface area contributed by atoms with Gasteiger partial charge in [0.25, 0.3) is 0 Å². The molecule has 2 aliphatic rings. The molecule has 0 bridgehead atoms. The highest BCUT2D eigenvalue weighted by Crippen LogP contribution is 2.34. The Balaban J connectivity index is 1.73. The summed E-state index contributed by atoms with van der Waals surface area (Å²) in [5.41, 5.74) is 0. The fourth-order valence-electron chi connectivity index (χ4n) is 3.28. The van der Waals surface area contributed by atoms with E-state index in [9.17, 15) is 0 Å². The minimum Gasteiger partial charge on any atom is -0.376 e. The molecular weight excluding hydrogens is 222 g/mol. The molecule has 3 unspecified atom stereocenters. The quantitative estimate of drug-likeness (QED) is 0.711. The van der Waals surface area contributed by atoms with E-state index in [1.54, 1.807) is 0 Å². The van der Waals surface area contributed by atoms with Gasteiger partial charge in [0.1, 0.15) is 0 Å². The van der Waals surface area contributed by atoms with Crippen LogP contribution in [0.4, 0.5) is 0 Å². The number of hydrogen-bond acceptors (Lipinski definition) is 2. The van der Waals surface area contributed by atoms with Crippen LogP contribution in [0.15, 0.2) is 0 Å². The molecule has 2 heteroatoms. The topological polar surface area (TPSA) is 21.3 Å². The highest BCUT2D eigenvalue weighted by molar-refractivity contribution is 4.87. The summed E-state index contributed by atoms with van der Waals surface area (Å²) in [6.45, 7) is 6.66. The fraction of sp³-hybridized carbons (Fsp3) is 1.00. The maximum Gasteiger partial charge on any atom is 0.0626 e. The van der Waals surface area contributed by atoms with Crippen LogP contribution in [0.25, 0.3) is 0 Å². The van der Waals surface area contributed by atoms with Crippen LogP contribution in [-0.2, 0) is 4.74 Å². The molecule has 1 N–H and O–H groups in total. The molecule has 2 fully saturated rings. The van der Waals surface area contributed by atoms with Crippen LogP contribution in [-0.4, -0.2) is 25.3 Å². The van der Waals surface area contributed by atoms with E-state index in [2.05, 4.69) is 19.2 Å². The van der Waals surface area contributed by atoms with E-state index in [0.717, 1.165) is 25.0 Å². The summed E-state index contributed by atoms with van der Waals surface area (Å²) in [4.78, 5) is 0. The largest absolute Gasteiger partial charge is 0.376 e. The molecule has 0 aromatic rings. The van der Waals surface area contributed by atoms with Gasteiger partial charge in [0.15, 0.2) is 0 Å². The van der Waals surface area contributed by atoms with E-state index >= 15 is 0 Å². The monoisotopic (exact) mass is 253 g/mol. The van der Waals surface area contributed by atoms with Crippen LogP contribution in [0.3, 0.4) is 0 Å². The van der Waals surface area contributed by atoms with Crippen molar-refractivity contribution in [1.29, 1.82) is 0 Å². The molecule has 106 valence electrons. The smallest absolute Gasteiger partial charge is 0.0626 e. The van der Waals surface area contributed by atoms with E-state index in [-0.39, 0.29) is 0 Å². The van der Waals surface area contributed by atoms with Gasteiger partial charge in [0.2, 0.25) is 0 Å². The van der Waals surface area contributed by atoms with Crippen molar-refractivity contribution in [1.82, 2.24) is 5.32 Å². The first-order valence-corrected chi connectivity index (χ1v) is 8.20. The first-order chi connectivity index (χ1) is 8.85. The standard InChI is InChI=1S/C16H31NO/c1-3-11-17-15(14-9-10-14)12-18-16-8-6-5-7-13(16)4-2/h13-17H,3-12H2,1-2H3. The van der Waals surface area contributed by atoms with Gasteiger partial charge in [-0.25, -0.2) is 0 Å². The maximum atomic E-state index is 6.28. The van der Waals surface area contributed by atoms with E-state index in [1.165, 1.54) is 51.4 Å². The molecule has 0 aromatic heterocycles. The third kappa shape index (κ3) is 4.24. The predicted octanol–water partition coefficient (Wildman–Crippen LogP) is 3.75. The lowest BCUT2D eigenvalue weighted by atomic mass is 9.85. The van der Waals surface area contributed by atoms with E-state index < -0.39 is 0 Å². The van der Waals surface area contributed by atoms with Crippen LogP contribution in [0.1, 0.15) is 65.2 Å². The summed E-state index contributed by atoms with van der Waals surface area (Å²) in [7, 11) is 0. The van der Waals surface area contributed by atoms with Crippen molar-refractivity contribution in [2.45, 2.75) is 77.4 Å². The lowest BCUT2D eigenvalue weighted by Gasteiger charge is -2.32. The fourth-order valence-corrected chi connectivity index (χ4v) is 3.28. The third-order valence-corrected chi connectivity index (χ3v) is 4.70. The molecule has 18 heavy (non-hydrogen) atoms. The summed E-state index contributed by atoms with van der Waals surface area (Å²) in [5.74, 6) is 1.73. The minimum absolute atomic E-state index is 0.549. The average Bonchev–Trinajstić information content (AvgIpc) is 3.24. The van der Waals surface area contributed by atoms with Gasteiger partial charge in [-0.3, -0.25) is 0 Å². The SMILES string of the molecule is CCCNC(COC1CCCCC1CC)C1CC1. The van der Waals surface area contributed by atoms with Gasteiger partial charge in [-0.2, -0.15) is 0 Å². The molecule has 2 saturated carbocycles. The molecule has 0 aromatic carbocycles. The Kier molecular flexibility index (Phi) is 5.97. The molecule has 2 rings (SSSR count). The van der Waals surface area contributed by atoms with Crippen LogP contribution in [0.2, 0.25) is 0 Å². The summed E-state index contributed by atoms with van der Waals surface area (Å²) in [6.07, 6.45) is 11.4. The van der Waals surface area contributed by atoms with Crippen molar-refractivity contribution in [3.63, 3.8) is 0 Å². The number of rotatable bonds is 8. The molecule has 0 spiro atoms. The molecule has 3 atom stereocenters. The third-order valence-electron chi connectivity index (χ3n) is 4.70. The highest BCUT2D eigenvalue weighted by atomic mass is 16.5. The van der Waals surface area contributed by atoms with Gasteiger partial charge >= 0.3 is 0 Å². The van der Waals surface area contributed by atoms with Gasteiger partial charge in [-0.05, 0) is 50.5 Å². The Hall–Kier alpha value is -0.0800. The zero-order valence-corrected chi connectivity index (χ0v) is 12.3. The van der Waals surface area contributed by atoms with Crippen molar-refractivity contribution in [3.05, 3.63) is 0 Å². The van der Waals surface area contributed by atoms with Crippen molar-refractivity contribution in [3.8, 4) is 0 Å².